The van der Waals surface area contributed by atoms with Crippen molar-refractivity contribution in [3.63, 3.8) is 0 Å². The standard InChI is InChI=1S/C19H23F3N2O4/c1-18(28,19(20,21)22)13-4-2-12(3-5-13)16(25)24(14-6-7-14)15-8-10-23(11-9-15)17(26)27/h2-5,14-15,28H,6-11H2,1H3,(H,26,27). The van der Waals surface area contributed by atoms with Gasteiger partial charge in [-0.3, -0.25) is 4.79 Å². The highest BCUT2D eigenvalue weighted by Crippen LogP contribution is 2.39. The van der Waals surface area contributed by atoms with Crippen molar-refractivity contribution in [3.05, 3.63) is 35.4 Å². The second-order valence-electron chi connectivity index (χ2n) is 7.59. The van der Waals surface area contributed by atoms with E-state index in [0.717, 1.165) is 25.0 Å². The van der Waals surface area contributed by atoms with Crippen LogP contribution in [0.15, 0.2) is 24.3 Å². The van der Waals surface area contributed by atoms with Crippen molar-refractivity contribution in [1.29, 1.82) is 0 Å². The van der Waals surface area contributed by atoms with Gasteiger partial charge in [0.1, 0.15) is 0 Å². The van der Waals surface area contributed by atoms with Crippen molar-refractivity contribution in [2.75, 3.05) is 13.1 Å². The van der Waals surface area contributed by atoms with Crippen LogP contribution in [0.4, 0.5) is 18.0 Å². The average molecular weight is 400 g/mol. The van der Waals surface area contributed by atoms with E-state index < -0.39 is 17.9 Å². The maximum absolute atomic E-state index is 13.0. The first-order valence-electron chi connectivity index (χ1n) is 9.22. The second-order valence-corrected chi connectivity index (χ2v) is 7.59. The molecule has 1 aliphatic carbocycles. The molecule has 1 unspecified atom stereocenters. The summed E-state index contributed by atoms with van der Waals surface area (Å²) >= 11 is 0. The number of piperidine rings is 1. The number of rotatable bonds is 4. The van der Waals surface area contributed by atoms with Crippen LogP contribution in [-0.4, -0.2) is 63.4 Å². The Labute approximate surface area is 160 Å². The Kier molecular flexibility index (Phi) is 5.31. The molecule has 2 aliphatic rings. The van der Waals surface area contributed by atoms with Crippen LogP contribution in [0.25, 0.3) is 0 Å². The van der Waals surface area contributed by atoms with Gasteiger partial charge >= 0.3 is 12.3 Å². The summed E-state index contributed by atoms with van der Waals surface area (Å²) in [4.78, 5) is 27.2. The maximum atomic E-state index is 13.0. The van der Waals surface area contributed by atoms with Gasteiger partial charge < -0.3 is 20.0 Å². The van der Waals surface area contributed by atoms with E-state index in [1.54, 1.807) is 4.90 Å². The van der Waals surface area contributed by atoms with Crippen molar-refractivity contribution in [2.24, 2.45) is 0 Å². The molecule has 3 rings (SSSR count). The summed E-state index contributed by atoms with van der Waals surface area (Å²) in [6, 6.07) is 4.86. The average Bonchev–Trinajstić information content (AvgIpc) is 3.46. The number of carbonyl (C=O) groups is 2. The Morgan fingerprint density at radius 3 is 1.96 bits per heavy atom. The van der Waals surface area contributed by atoms with Gasteiger partial charge in [0.2, 0.25) is 0 Å². The molecule has 0 aromatic heterocycles. The van der Waals surface area contributed by atoms with Crippen LogP contribution in [0, 0.1) is 0 Å². The number of nitrogens with zero attached hydrogens (tertiary/aromatic N) is 2. The quantitative estimate of drug-likeness (QED) is 0.813. The van der Waals surface area contributed by atoms with Gasteiger partial charge in [0, 0.05) is 30.7 Å². The zero-order chi connectivity index (χ0) is 20.7. The number of carbonyl (C=O) groups excluding carboxylic acids is 1. The van der Waals surface area contributed by atoms with E-state index in [4.69, 9.17) is 5.11 Å². The van der Waals surface area contributed by atoms with Crippen molar-refractivity contribution in [2.45, 2.75) is 56.5 Å². The molecule has 2 N–H and O–H groups in total. The van der Waals surface area contributed by atoms with Crippen LogP contribution in [0.5, 0.6) is 0 Å². The number of aliphatic hydroxyl groups is 1. The predicted octanol–water partition coefficient (Wildman–Crippen LogP) is 3.20. The van der Waals surface area contributed by atoms with Crippen LogP contribution in [0.1, 0.15) is 48.5 Å². The van der Waals surface area contributed by atoms with E-state index in [0.29, 0.717) is 32.9 Å². The smallest absolute Gasteiger partial charge is 0.421 e. The molecule has 0 radical (unpaired) electrons. The number of hydrogen-bond donors (Lipinski definition) is 2. The molecular formula is C19H23F3N2O4. The number of carboxylic acid groups (broad SMARTS) is 1. The fraction of sp³-hybridized carbons (Fsp3) is 0.579. The zero-order valence-corrected chi connectivity index (χ0v) is 15.4. The minimum absolute atomic E-state index is 0.0893. The summed E-state index contributed by atoms with van der Waals surface area (Å²) in [5.74, 6) is -0.269. The lowest BCUT2D eigenvalue weighted by atomic mass is 9.94. The Bertz CT molecular complexity index is 737. The van der Waals surface area contributed by atoms with Gasteiger partial charge in [0.05, 0.1) is 0 Å². The minimum atomic E-state index is -4.82. The maximum Gasteiger partial charge on any atom is 0.421 e. The molecular weight excluding hydrogens is 377 g/mol. The lowest BCUT2D eigenvalue weighted by Gasteiger charge is -2.38. The molecule has 2 amide bonds. The van der Waals surface area contributed by atoms with Crippen LogP contribution in [-0.2, 0) is 5.60 Å². The molecule has 0 spiro atoms. The molecule has 28 heavy (non-hydrogen) atoms. The van der Waals surface area contributed by atoms with Gasteiger partial charge in [0.25, 0.3) is 5.91 Å². The molecule has 1 heterocycles. The van der Waals surface area contributed by atoms with E-state index in [9.17, 15) is 27.9 Å². The van der Waals surface area contributed by atoms with Crippen LogP contribution < -0.4 is 0 Å². The first-order chi connectivity index (χ1) is 13.0. The highest BCUT2D eigenvalue weighted by atomic mass is 19.4. The van der Waals surface area contributed by atoms with E-state index >= 15 is 0 Å². The Balaban J connectivity index is 1.75. The molecule has 154 valence electrons. The van der Waals surface area contributed by atoms with Crippen molar-refractivity contribution < 1.29 is 33.0 Å². The van der Waals surface area contributed by atoms with Crippen molar-refractivity contribution >= 4 is 12.0 Å². The first kappa shape index (κ1) is 20.4. The van der Waals surface area contributed by atoms with E-state index in [2.05, 4.69) is 0 Å². The van der Waals surface area contributed by atoms with Crippen LogP contribution >= 0.6 is 0 Å². The number of alkyl halides is 3. The van der Waals surface area contributed by atoms with Crippen LogP contribution in [0.3, 0.4) is 0 Å². The molecule has 1 aliphatic heterocycles. The summed E-state index contributed by atoms with van der Waals surface area (Å²) in [6.07, 6.45) is -2.99. The van der Waals surface area contributed by atoms with Crippen molar-refractivity contribution in [3.8, 4) is 0 Å². The van der Waals surface area contributed by atoms with Gasteiger partial charge in [-0.05, 0) is 50.3 Å². The number of hydrogen-bond acceptors (Lipinski definition) is 3. The van der Waals surface area contributed by atoms with Crippen molar-refractivity contribution in [1.82, 2.24) is 9.80 Å². The minimum Gasteiger partial charge on any atom is -0.465 e. The lowest BCUT2D eigenvalue weighted by Crippen LogP contribution is -2.49. The SMILES string of the molecule is CC(O)(c1ccc(C(=O)N(C2CC2)C2CCN(C(=O)O)CC2)cc1)C(F)(F)F. The molecule has 6 nitrogen and oxygen atoms in total. The van der Waals surface area contributed by atoms with Gasteiger partial charge in [-0.25, -0.2) is 4.79 Å². The third kappa shape index (κ3) is 3.94. The molecule has 1 saturated heterocycles. The fourth-order valence-corrected chi connectivity index (χ4v) is 3.57. The van der Waals surface area contributed by atoms with Gasteiger partial charge in [-0.15, -0.1) is 0 Å². The highest BCUT2D eigenvalue weighted by Gasteiger charge is 2.51. The van der Waals surface area contributed by atoms with E-state index in [-0.39, 0.29) is 29.1 Å². The largest absolute Gasteiger partial charge is 0.465 e. The first-order valence-corrected chi connectivity index (χ1v) is 9.22. The van der Waals surface area contributed by atoms with E-state index in [1.165, 1.54) is 17.0 Å². The Morgan fingerprint density at radius 2 is 1.54 bits per heavy atom. The molecule has 1 aromatic carbocycles. The van der Waals surface area contributed by atoms with Gasteiger partial charge in [-0.1, -0.05) is 12.1 Å². The number of benzene rings is 1. The predicted molar refractivity (Wildman–Crippen MR) is 93.9 cm³/mol. The fourth-order valence-electron chi connectivity index (χ4n) is 3.57. The Hall–Kier alpha value is -2.29. The van der Waals surface area contributed by atoms with Crippen LogP contribution in [0.2, 0.25) is 0 Å². The second kappa shape index (κ2) is 7.27. The summed E-state index contributed by atoms with van der Waals surface area (Å²) in [7, 11) is 0. The Morgan fingerprint density at radius 1 is 1.04 bits per heavy atom. The topological polar surface area (TPSA) is 81.1 Å². The van der Waals surface area contributed by atoms with E-state index in [1.807, 2.05) is 0 Å². The van der Waals surface area contributed by atoms with Gasteiger partial charge in [-0.2, -0.15) is 13.2 Å². The summed E-state index contributed by atoms with van der Waals surface area (Å²) in [5, 5.41) is 18.8. The highest BCUT2D eigenvalue weighted by molar-refractivity contribution is 5.95. The normalized spacial score (nSPS) is 20.5. The number of halogens is 3. The lowest BCUT2D eigenvalue weighted by molar-refractivity contribution is -0.258. The third-order valence-corrected chi connectivity index (χ3v) is 5.55. The molecule has 1 saturated carbocycles. The third-order valence-electron chi connectivity index (χ3n) is 5.55. The molecule has 9 heteroatoms. The summed E-state index contributed by atoms with van der Waals surface area (Å²) in [5.41, 5.74) is -3.06. The molecule has 1 aromatic rings. The molecule has 1 atom stereocenters. The summed E-state index contributed by atoms with van der Waals surface area (Å²) < 4.78 is 38.9. The number of likely N-dealkylation sites (tertiary alicyclic amines) is 1. The zero-order valence-electron chi connectivity index (χ0n) is 15.4. The number of amides is 2. The molecule has 0 bridgehead atoms. The molecule has 2 fully saturated rings. The summed E-state index contributed by atoms with van der Waals surface area (Å²) in [6.45, 7) is 1.38. The monoisotopic (exact) mass is 400 g/mol. The van der Waals surface area contributed by atoms with Gasteiger partial charge in [0.15, 0.2) is 5.60 Å².